The first-order valence-corrected chi connectivity index (χ1v) is 16.4. The minimum atomic E-state index is -4.20. The molecule has 42 heavy (non-hydrogen) atoms. The molecule has 8 nitrogen and oxygen atoms in total. The molecule has 3 heterocycles. The van der Waals surface area contributed by atoms with E-state index in [1.165, 1.54) is 34.0 Å². The molecule has 0 aliphatic carbocycles. The Labute approximate surface area is 249 Å². The summed E-state index contributed by atoms with van der Waals surface area (Å²) in [5.74, 6) is 0.550. The van der Waals surface area contributed by atoms with E-state index in [2.05, 4.69) is 39.4 Å². The van der Waals surface area contributed by atoms with E-state index >= 15 is 0 Å². The second-order valence-electron chi connectivity index (χ2n) is 10.5. The zero-order valence-corrected chi connectivity index (χ0v) is 25.1. The Balaban J connectivity index is 1.02. The van der Waals surface area contributed by atoms with Gasteiger partial charge in [0.1, 0.15) is 10.6 Å². The molecule has 0 saturated carbocycles. The van der Waals surface area contributed by atoms with Crippen molar-refractivity contribution in [2.24, 2.45) is 0 Å². The number of fused-ring (bicyclic) bond motifs is 2. The molecule has 1 aliphatic rings. The van der Waals surface area contributed by atoms with Crippen molar-refractivity contribution in [2.45, 2.75) is 24.7 Å². The van der Waals surface area contributed by atoms with E-state index < -0.39 is 15.7 Å². The van der Waals surface area contributed by atoms with Crippen LogP contribution in [0.4, 0.5) is 5.69 Å². The van der Waals surface area contributed by atoms with E-state index in [1.807, 2.05) is 13.0 Å². The van der Waals surface area contributed by atoms with Gasteiger partial charge in [0.15, 0.2) is 0 Å². The van der Waals surface area contributed by atoms with Gasteiger partial charge in [0.05, 0.1) is 12.1 Å². The molecular weight excluding hydrogens is 571 g/mol. The normalized spacial score (nSPS) is 14.5. The van der Waals surface area contributed by atoms with Crippen LogP contribution in [0.15, 0.2) is 93.9 Å². The predicted molar refractivity (Wildman–Crippen MR) is 168 cm³/mol. The van der Waals surface area contributed by atoms with Gasteiger partial charge >= 0.3 is 10.1 Å². The van der Waals surface area contributed by atoms with E-state index in [-0.39, 0.29) is 4.90 Å². The van der Waals surface area contributed by atoms with Crippen molar-refractivity contribution < 1.29 is 17.4 Å². The number of hydrogen-bond acceptors (Lipinski definition) is 8. The number of anilines is 1. The lowest BCUT2D eigenvalue weighted by Gasteiger charge is -2.36. The number of unbranched alkanes of at least 4 members (excludes halogenated alkanes) is 1. The van der Waals surface area contributed by atoms with E-state index in [0.717, 1.165) is 55.9 Å². The summed E-state index contributed by atoms with van der Waals surface area (Å²) in [5.41, 5.74) is 2.00. The monoisotopic (exact) mass is 603 g/mol. The van der Waals surface area contributed by atoms with Crippen LogP contribution in [0.2, 0.25) is 0 Å². The lowest BCUT2D eigenvalue weighted by Crippen LogP contribution is -2.46. The van der Waals surface area contributed by atoms with E-state index in [9.17, 15) is 13.2 Å². The van der Waals surface area contributed by atoms with Gasteiger partial charge in [-0.05, 0) is 80.2 Å². The topological polar surface area (TPSA) is 81.1 Å². The minimum absolute atomic E-state index is 0.0225. The van der Waals surface area contributed by atoms with Crippen molar-refractivity contribution in [3.63, 3.8) is 0 Å². The molecule has 0 amide bonds. The Morgan fingerprint density at radius 2 is 1.67 bits per heavy atom. The van der Waals surface area contributed by atoms with Crippen LogP contribution in [0, 0.1) is 6.92 Å². The van der Waals surface area contributed by atoms with Gasteiger partial charge in [-0.1, -0.05) is 23.8 Å². The molecule has 0 spiro atoms. The zero-order valence-electron chi connectivity index (χ0n) is 23.4. The fourth-order valence-corrected chi connectivity index (χ4v) is 7.01. The molecule has 0 unspecified atom stereocenters. The van der Waals surface area contributed by atoms with E-state index in [1.54, 1.807) is 41.7 Å². The molecule has 218 valence electrons. The number of rotatable bonds is 10. The molecule has 1 fully saturated rings. The van der Waals surface area contributed by atoms with Crippen molar-refractivity contribution in [3.05, 3.63) is 100 Å². The first kappa shape index (κ1) is 28.3. The van der Waals surface area contributed by atoms with Crippen molar-refractivity contribution in [1.82, 2.24) is 9.63 Å². The first-order valence-electron chi connectivity index (χ1n) is 14.1. The van der Waals surface area contributed by atoms with Crippen LogP contribution in [0.1, 0.15) is 18.4 Å². The minimum Gasteiger partial charge on any atom is -0.494 e. The standard InChI is InChI=1S/C32H33N3O5S2/c1-24-7-12-27(13-8-24)42(37,38)40-35-30-23-26(11-9-25(30)10-14-32(35)36)39-21-3-2-16-33-17-19-34(20-18-33)29-5-4-6-31-28(29)15-22-41-31/h4-15,22-23H,2-3,16-21H2,1H3. The van der Waals surface area contributed by atoms with Crippen molar-refractivity contribution >= 4 is 48.1 Å². The summed E-state index contributed by atoms with van der Waals surface area (Å²) in [7, 11) is -4.20. The van der Waals surface area contributed by atoms with Gasteiger partial charge < -0.3 is 9.64 Å². The molecule has 3 aromatic carbocycles. The highest BCUT2D eigenvalue weighted by atomic mass is 32.2. The number of thiophene rings is 1. The summed E-state index contributed by atoms with van der Waals surface area (Å²) >= 11 is 1.79. The number of ether oxygens (including phenoxy) is 1. The molecule has 5 aromatic rings. The maximum atomic E-state index is 12.9. The van der Waals surface area contributed by atoms with Gasteiger partial charge in [-0.3, -0.25) is 14.0 Å². The molecule has 1 saturated heterocycles. The molecule has 2 aromatic heterocycles. The highest BCUT2D eigenvalue weighted by Crippen LogP contribution is 2.31. The Morgan fingerprint density at radius 3 is 2.48 bits per heavy atom. The molecular formula is C32H33N3O5S2. The molecule has 6 rings (SSSR count). The third-order valence-electron chi connectivity index (χ3n) is 7.63. The lowest BCUT2D eigenvalue weighted by molar-refractivity contribution is 0.238. The van der Waals surface area contributed by atoms with Crippen LogP contribution in [0.3, 0.4) is 0 Å². The van der Waals surface area contributed by atoms with Crippen LogP contribution in [0.25, 0.3) is 21.0 Å². The molecule has 0 N–H and O–H groups in total. The van der Waals surface area contributed by atoms with E-state index in [0.29, 0.717) is 23.3 Å². The van der Waals surface area contributed by atoms with Crippen LogP contribution in [-0.4, -0.2) is 57.4 Å². The van der Waals surface area contributed by atoms with Gasteiger partial charge in [-0.2, -0.15) is 8.42 Å². The van der Waals surface area contributed by atoms with Crippen LogP contribution in [0.5, 0.6) is 5.75 Å². The molecule has 1 aliphatic heterocycles. The molecule has 0 radical (unpaired) electrons. The fourth-order valence-electron chi connectivity index (χ4n) is 5.29. The van der Waals surface area contributed by atoms with Gasteiger partial charge in [0, 0.05) is 59.5 Å². The smallest absolute Gasteiger partial charge is 0.357 e. The predicted octanol–water partition coefficient (Wildman–Crippen LogP) is 5.32. The Bertz CT molecular complexity index is 1860. The highest BCUT2D eigenvalue weighted by Gasteiger charge is 2.20. The van der Waals surface area contributed by atoms with Gasteiger partial charge in [-0.25, -0.2) is 0 Å². The van der Waals surface area contributed by atoms with Crippen LogP contribution >= 0.6 is 11.3 Å². The number of piperazine rings is 1. The zero-order chi connectivity index (χ0) is 29.1. The van der Waals surface area contributed by atoms with Crippen molar-refractivity contribution in [3.8, 4) is 5.75 Å². The van der Waals surface area contributed by atoms with Crippen LogP contribution in [-0.2, 0) is 10.1 Å². The summed E-state index contributed by atoms with van der Waals surface area (Å²) in [6.07, 6.45) is 1.89. The maximum Gasteiger partial charge on any atom is 0.357 e. The van der Waals surface area contributed by atoms with E-state index in [4.69, 9.17) is 9.02 Å². The van der Waals surface area contributed by atoms with Crippen molar-refractivity contribution in [2.75, 3.05) is 44.2 Å². The molecule has 0 bridgehead atoms. The lowest BCUT2D eigenvalue weighted by atomic mass is 10.2. The average Bonchev–Trinajstić information content (AvgIpc) is 3.48. The maximum absolute atomic E-state index is 12.9. The number of hydrogen-bond donors (Lipinski definition) is 0. The highest BCUT2D eigenvalue weighted by molar-refractivity contribution is 7.87. The second-order valence-corrected chi connectivity index (χ2v) is 13.0. The van der Waals surface area contributed by atoms with Gasteiger partial charge in [0.25, 0.3) is 5.56 Å². The number of nitrogens with zero attached hydrogens (tertiary/aromatic N) is 3. The SMILES string of the molecule is Cc1ccc(S(=O)(=O)On2c(=O)ccc3ccc(OCCCCN4CCN(c5cccc6sccc56)CC4)cc32)cc1. The Kier molecular flexibility index (Phi) is 8.19. The summed E-state index contributed by atoms with van der Waals surface area (Å²) < 4.78 is 39.2. The average molecular weight is 604 g/mol. The molecule has 10 heteroatoms. The Morgan fingerprint density at radius 1 is 0.881 bits per heavy atom. The number of pyridine rings is 1. The summed E-state index contributed by atoms with van der Waals surface area (Å²) in [5, 5.41) is 4.17. The number of aryl methyl sites for hydroxylation is 1. The number of benzene rings is 3. The summed E-state index contributed by atoms with van der Waals surface area (Å²) in [4.78, 5) is 17.6. The Hall–Kier alpha value is -3.86. The summed E-state index contributed by atoms with van der Waals surface area (Å²) in [6, 6.07) is 23.2. The third kappa shape index (κ3) is 6.16. The number of aromatic nitrogens is 1. The summed E-state index contributed by atoms with van der Waals surface area (Å²) in [6.45, 7) is 7.51. The molecule has 0 atom stereocenters. The quantitative estimate of drug-likeness (QED) is 0.200. The third-order valence-corrected chi connectivity index (χ3v) is 9.71. The second kappa shape index (κ2) is 12.2. The van der Waals surface area contributed by atoms with Gasteiger partial charge in [-0.15, -0.1) is 16.1 Å². The largest absolute Gasteiger partial charge is 0.494 e. The van der Waals surface area contributed by atoms with Crippen LogP contribution < -0.4 is 19.5 Å². The van der Waals surface area contributed by atoms with Crippen molar-refractivity contribution in [1.29, 1.82) is 0 Å². The fraction of sp³-hybridized carbons (Fsp3) is 0.281. The first-order chi connectivity index (χ1) is 20.4. The van der Waals surface area contributed by atoms with Gasteiger partial charge in [0.2, 0.25) is 0 Å².